The third-order valence-corrected chi connectivity index (χ3v) is 4.06. The van der Waals surface area contributed by atoms with Crippen LogP contribution in [0.1, 0.15) is 24.8 Å². The summed E-state index contributed by atoms with van der Waals surface area (Å²) in [7, 11) is 1.62. The Labute approximate surface area is 125 Å². The molecule has 0 aromatic heterocycles. The van der Waals surface area contributed by atoms with Crippen LogP contribution in [0.15, 0.2) is 24.3 Å². The Kier molecular flexibility index (Phi) is 5.59. The molecule has 2 unspecified atom stereocenters. The first kappa shape index (κ1) is 15.8. The summed E-state index contributed by atoms with van der Waals surface area (Å²) in [6, 6.07) is 7.77. The summed E-state index contributed by atoms with van der Waals surface area (Å²) in [6.45, 7) is 0.747. The van der Waals surface area contributed by atoms with E-state index < -0.39 is 0 Å². The highest BCUT2D eigenvalue weighted by Crippen LogP contribution is 2.27. The summed E-state index contributed by atoms with van der Waals surface area (Å²) in [5.41, 5.74) is 6.84. The van der Waals surface area contributed by atoms with Gasteiger partial charge >= 0.3 is 0 Å². The number of amides is 1. The normalized spacial score (nSPS) is 21.3. The molecule has 1 aliphatic rings. The summed E-state index contributed by atoms with van der Waals surface area (Å²) in [6.07, 6.45) is 2.48. The van der Waals surface area contributed by atoms with Gasteiger partial charge in [-0.25, -0.2) is 0 Å². The third kappa shape index (κ3) is 3.95. The second kappa shape index (κ2) is 7.43. The van der Waals surface area contributed by atoms with E-state index in [1.165, 1.54) is 0 Å². The maximum atomic E-state index is 12.6. The zero-order chi connectivity index (χ0) is 15.2. The average molecular weight is 292 g/mol. The van der Waals surface area contributed by atoms with Crippen molar-refractivity contribution in [2.24, 2.45) is 11.7 Å². The van der Waals surface area contributed by atoms with E-state index in [0.29, 0.717) is 13.1 Å². The Balaban J connectivity index is 2.09. The molecule has 1 aromatic rings. The average Bonchev–Trinajstić information content (AvgIpc) is 2.93. The Morgan fingerprint density at radius 2 is 2.19 bits per heavy atom. The van der Waals surface area contributed by atoms with Crippen molar-refractivity contribution < 1.29 is 14.6 Å². The van der Waals surface area contributed by atoms with Gasteiger partial charge in [0.25, 0.3) is 0 Å². The molecule has 2 rings (SSSR count). The minimum absolute atomic E-state index is 0.0127. The smallest absolute Gasteiger partial charge is 0.226 e. The Hall–Kier alpha value is -1.59. The van der Waals surface area contributed by atoms with Crippen molar-refractivity contribution in [1.82, 2.24) is 4.90 Å². The topological polar surface area (TPSA) is 75.8 Å². The quantitative estimate of drug-likeness (QED) is 0.824. The molecule has 0 radical (unpaired) electrons. The van der Waals surface area contributed by atoms with Crippen molar-refractivity contribution in [3.05, 3.63) is 29.8 Å². The van der Waals surface area contributed by atoms with E-state index >= 15 is 0 Å². The van der Waals surface area contributed by atoms with Gasteiger partial charge < -0.3 is 20.5 Å². The van der Waals surface area contributed by atoms with Gasteiger partial charge in [0, 0.05) is 30.6 Å². The number of carbonyl (C=O) groups excluding carboxylic acids is 1. The molecule has 1 fully saturated rings. The number of hydrogen-bond acceptors (Lipinski definition) is 4. The van der Waals surface area contributed by atoms with Gasteiger partial charge in [0.05, 0.1) is 13.7 Å². The Morgan fingerprint density at radius 1 is 1.43 bits per heavy atom. The maximum absolute atomic E-state index is 12.6. The van der Waals surface area contributed by atoms with E-state index in [9.17, 15) is 9.90 Å². The van der Waals surface area contributed by atoms with Gasteiger partial charge in [0.2, 0.25) is 5.91 Å². The number of aliphatic hydroxyl groups is 1. The minimum atomic E-state index is -0.0420. The first-order chi connectivity index (χ1) is 10.2. The van der Waals surface area contributed by atoms with E-state index in [1.54, 1.807) is 12.0 Å². The number of para-hydroxylation sites is 1. The molecule has 21 heavy (non-hydrogen) atoms. The number of carbonyl (C=O) groups is 1. The summed E-state index contributed by atoms with van der Waals surface area (Å²) in [5.74, 6) is 0.834. The molecule has 2 atom stereocenters. The van der Waals surface area contributed by atoms with E-state index in [1.807, 2.05) is 24.3 Å². The van der Waals surface area contributed by atoms with Crippen molar-refractivity contribution in [1.29, 1.82) is 0 Å². The minimum Gasteiger partial charge on any atom is -0.496 e. The van der Waals surface area contributed by atoms with E-state index in [-0.39, 0.29) is 24.5 Å². The van der Waals surface area contributed by atoms with Gasteiger partial charge in [-0.15, -0.1) is 0 Å². The fourth-order valence-electron chi connectivity index (χ4n) is 2.93. The molecule has 0 bridgehead atoms. The van der Waals surface area contributed by atoms with Crippen molar-refractivity contribution >= 4 is 5.91 Å². The fourth-order valence-corrected chi connectivity index (χ4v) is 2.93. The highest BCUT2D eigenvalue weighted by Gasteiger charge is 2.31. The van der Waals surface area contributed by atoms with Crippen LogP contribution in [0.2, 0.25) is 0 Å². The van der Waals surface area contributed by atoms with Crippen LogP contribution >= 0.6 is 0 Å². The highest BCUT2D eigenvalue weighted by atomic mass is 16.5. The number of methoxy groups -OCH3 is 1. The molecule has 3 N–H and O–H groups in total. The first-order valence-electron chi connectivity index (χ1n) is 7.42. The standard InChI is InChI=1S/C16H24N2O3/c1-21-15-5-3-2-4-13(15)11-18(8-9-19)16(20)12-6-7-14(17)10-12/h2-5,12,14,19H,6-11,17H2,1H3. The lowest BCUT2D eigenvalue weighted by molar-refractivity contribution is -0.136. The van der Waals surface area contributed by atoms with Crippen molar-refractivity contribution in [3.63, 3.8) is 0 Å². The number of nitrogens with zero attached hydrogens (tertiary/aromatic N) is 1. The molecule has 1 aliphatic carbocycles. The molecule has 116 valence electrons. The lowest BCUT2D eigenvalue weighted by Crippen LogP contribution is -2.37. The highest BCUT2D eigenvalue weighted by molar-refractivity contribution is 5.79. The summed E-state index contributed by atoms with van der Waals surface area (Å²) in [5, 5.41) is 9.24. The van der Waals surface area contributed by atoms with Gasteiger partial charge in [-0.05, 0) is 25.3 Å². The number of aliphatic hydroxyl groups excluding tert-OH is 1. The monoisotopic (exact) mass is 292 g/mol. The van der Waals surface area contributed by atoms with Gasteiger partial charge in [-0.2, -0.15) is 0 Å². The molecule has 0 heterocycles. The predicted molar refractivity (Wildman–Crippen MR) is 80.8 cm³/mol. The number of ether oxygens (including phenoxy) is 1. The Morgan fingerprint density at radius 3 is 2.81 bits per heavy atom. The van der Waals surface area contributed by atoms with Crippen LogP contribution in [0.25, 0.3) is 0 Å². The molecule has 0 aliphatic heterocycles. The van der Waals surface area contributed by atoms with Gasteiger partial charge in [0.15, 0.2) is 0 Å². The second-order valence-electron chi connectivity index (χ2n) is 5.57. The van der Waals surface area contributed by atoms with Crippen molar-refractivity contribution in [2.45, 2.75) is 31.8 Å². The van der Waals surface area contributed by atoms with Crippen LogP contribution < -0.4 is 10.5 Å². The van der Waals surface area contributed by atoms with Crippen LogP contribution in [-0.4, -0.2) is 42.2 Å². The van der Waals surface area contributed by atoms with Crippen LogP contribution in [0.4, 0.5) is 0 Å². The van der Waals surface area contributed by atoms with Gasteiger partial charge in [0.1, 0.15) is 5.75 Å². The number of nitrogens with two attached hydrogens (primary N) is 1. The predicted octanol–water partition coefficient (Wildman–Crippen LogP) is 1.14. The molecule has 1 saturated carbocycles. The van der Waals surface area contributed by atoms with Crippen LogP contribution in [0, 0.1) is 5.92 Å². The lowest BCUT2D eigenvalue weighted by atomic mass is 10.1. The van der Waals surface area contributed by atoms with Crippen LogP contribution in [-0.2, 0) is 11.3 Å². The number of rotatable bonds is 6. The van der Waals surface area contributed by atoms with E-state index in [4.69, 9.17) is 10.5 Å². The second-order valence-corrected chi connectivity index (χ2v) is 5.57. The number of hydrogen-bond donors (Lipinski definition) is 2. The zero-order valence-corrected chi connectivity index (χ0v) is 12.5. The van der Waals surface area contributed by atoms with E-state index in [2.05, 4.69) is 0 Å². The molecule has 0 spiro atoms. The molecular weight excluding hydrogens is 268 g/mol. The molecule has 5 heteroatoms. The maximum Gasteiger partial charge on any atom is 0.226 e. The van der Waals surface area contributed by atoms with Gasteiger partial charge in [-0.3, -0.25) is 4.79 Å². The SMILES string of the molecule is COc1ccccc1CN(CCO)C(=O)C1CCC(N)C1. The zero-order valence-electron chi connectivity index (χ0n) is 12.5. The molecular formula is C16H24N2O3. The fraction of sp³-hybridized carbons (Fsp3) is 0.562. The summed E-state index contributed by atoms with van der Waals surface area (Å²) >= 11 is 0. The largest absolute Gasteiger partial charge is 0.496 e. The van der Waals surface area contributed by atoms with Crippen molar-refractivity contribution in [2.75, 3.05) is 20.3 Å². The molecule has 5 nitrogen and oxygen atoms in total. The van der Waals surface area contributed by atoms with Crippen LogP contribution in [0.3, 0.4) is 0 Å². The molecule has 1 amide bonds. The Bertz CT molecular complexity index is 478. The third-order valence-electron chi connectivity index (χ3n) is 4.06. The summed E-state index contributed by atoms with van der Waals surface area (Å²) in [4.78, 5) is 14.3. The lowest BCUT2D eigenvalue weighted by Gasteiger charge is -2.25. The van der Waals surface area contributed by atoms with Crippen molar-refractivity contribution in [3.8, 4) is 5.75 Å². The first-order valence-corrected chi connectivity index (χ1v) is 7.42. The number of benzene rings is 1. The van der Waals surface area contributed by atoms with E-state index in [0.717, 1.165) is 30.6 Å². The van der Waals surface area contributed by atoms with Crippen LogP contribution in [0.5, 0.6) is 5.75 Å². The molecule has 0 saturated heterocycles. The summed E-state index contributed by atoms with van der Waals surface area (Å²) < 4.78 is 5.33. The molecule has 1 aromatic carbocycles. The van der Waals surface area contributed by atoms with Gasteiger partial charge in [-0.1, -0.05) is 18.2 Å².